The van der Waals surface area contributed by atoms with Gasteiger partial charge in [0.15, 0.2) is 5.17 Å². The van der Waals surface area contributed by atoms with E-state index in [2.05, 4.69) is 10.3 Å². The fourth-order valence-corrected chi connectivity index (χ4v) is 3.92. The number of nitrogens with zero attached hydrogens (tertiary/aromatic N) is 2. The second-order valence-corrected chi connectivity index (χ2v) is 7.55. The highest BCUT2D eigenvalue weighted by Crippen LogP contribution is 2.32. The predicted molar refractivity (Wildman–Crippen MR) is 107 cm³/mol. The fourth-order valence-electron chi connectivity index (χ4n) is 2.55. The third kappa shape index (κ3) is 4.26. The lowest BCUT2D eigenvalue weighted by Crippen LogP contribution is -2.30. The number of aliphatic imine (C=N–C) groups is 1. The third-order valence-corrected chi connectivity index (χ3v) is 5.41. The number of amides is 2. The largest absolute Gasteiger partial charge is 0.326 e. The summed E-state index contributed by atoms with van der Waals surface area (Å²) in [6.07, 6.45) is 0.0986. The Morgan fingerprint density at radius 1 is 1.27 bits per heavy atom. The van der Waals surface area contributed by atoms with Crippen LogP contribution in [0.5, 0.6) is 0 Å². The quantitative estimate of drug-likeness (QED) is 0.853. The van der Waals surface area contributed by atoms with Gasteiger partial charge in [-0.1, -0.05) is 41.6 Å². The Balaban J connectivity index is 1.70. The first kappa shape index (κ1) is 18.5. The number of carbonyl (C=O) groups is 2. The number of aryl methyl sites for hydroxylation is 1. The minimum absolute atomic E-state index is 0.0986. The Kier molecular flexibility index (Phi) is 5.64. The standard InChI is InChI=1S/C19H18ClN3O2S/c1-12-10-13(20)8-9-15(12)22-19-23(2)18(25)16(26-19)11-17(24)21-14-6-4-3-5-7-14/h3-10,16H,11H2,1-2H3,(H,21,24)/t16-/m0/s1. The van der Waals surface area contributed by atoms with Gasteiger partial charge in [-0.25, -0.2) is 4.99 Å². The Bertz CT molecular complexity index is 870. The maximum absolute atomic E-state index is 12.5. The highest BCUT2D eigenvalue weighted by molar-refractivity contribution is 8.15. The molecule has 1 fully saturated rings. The molecular formula is C19H18ClN3O2S. The molecule has 1 saturated heterocycles. The summed E-state index contributed by atoms with van der Waals surface area (Å²) < 4.78 is 0. The number of benzene rings is 2. The summed E-state index contributed by atoms with van der Waals surface area (Å²) in [5.41, 5.74) is 2.40. The lowest BCUT2D eigenvalue weighted by atomic mass is 10.2. The summed E-state index contributed by atoms with van der Waals surface area (Å²) in [7, 11) is 1.68. The monoisotopic (exact) mass is 387 g/mol. The van der Waals surface area contributed by atoms with Gasteiger partial charge in [-0.3, -0.25) is 14.5 Å². The van der Waals surface area contributed by atoms with Crippen LogP contribution in [0.1, 0.15) is 12.0 Å². The zero-order valence-corrected chi connectivity index (χ0v) is 16.0. The van der Waals surface area contributed by atoms with Gasteiger partial charge in [0.2, 0.25) is 11.8 Å². The van der Waals surface area contributed by atoms with Gasteiger partial charge < -0.3 is 5.32 Å². The molecule has 3 rings (SSSR count). The van der Waals surface area contributed by atoms with Crippen molar-refractivity contribution in [2.75, 3.05) is 12.4 Å². The van der Waals surface area contributed by atoms with Gasteiger partial charge in [0.1, 0.15) is 5.25 Å². The first-order valence-electron chi connectivity index (χ1n) is 8.08. The molecule has 1 atom stereocenters. The van der Waals surface area contributed by atoms with Crippen molar-refractivity contribution in [3.63, 3.8) is 0 Å². The molecule has 0 bridgehead atoms. The van der Waals surface area contributed by atoms with Gasteiger partial charge in [0.05, 0.1) is 5.69 Å². The molecule has 0 spiro atoms. The van der Waals surface area contributed by atoms with Crippen molar-refractivity contribution in [3.05, 3.63) is 59.1 Å². The summed E-state index contributed by atoms with van der Waals surface area (Å²) in [4.78, 5) is 30.7. The smallest absolute Gasteiger partial charge is 0.242 e. The molecule has 1 aliphatic rings. The SMILES string of the molecule is Cc1cc(Cl)ccc1N=C1S[C@@H](CC(=O)Nc2ccccc2)C(=O)N1C. The van der Waals surface area contributed by atoms with Gasteiger partial charge in [0.25, 0.3) is 0 Å². The molecule has 2 aromatic carbocycles. The van der Waals surface area contributed by atoms with E-state index in [4.69, 9.17) is 11.6 Å². The fraction of sp³-hybridized carbons (Fsp3) is 0.211. The van der Waals surface area contributed by atoms with E-state index in [0.29, 0.717) is 15.9 Å². The average molecular weight is 388 g/mol. The van der Waals surface area contributed by atoms with Crippen LogP contribution in [-0.4, -0.2) is 34.2 Å². The molecule has 0 aromatic heterocycles. The molecule has 2 amide bonds. The van der Waals surface area contributed by atoms with Crippen LogP contribution in [0.2, 0.25) is 5.02 Å². The summed E-state index contributed by atoms with van der Waals surface area (Å²) in [6.45, 7) is 1.91. The zero-order valence-electron chi connectivity index (χ0n) is 14.4. The number of hydrogen-bond donors (Lipinski definition) is 1. The minimum atomic E-state index is -0.477. The van der Waals surface area contributed by atoms with Crippen LogP contribution in [-0.2, 0) is 9.59 Å². The number of nitrogens with one attached hydrogen (secondary N) is 1. The Morgan fingerprint density at radius 2 is 2.00 bits per heavy atom. The molecule has 1 heterocycles. The van der Waals surface area contributed by atoms with Crippen molar-refractivity contribution < 1.29 is 9.59 Å². The topological polar surface area (TPSA) is 61.8 Å². The average Bonchev–Trinajstić information content (AvgIpc) is 2.86. The number of rotatable bonds is 4. The van der Waals surface area contributed by atoms with Crippen LogP contribution in [0.4, 0.5) is 11.4 Å². The van der Waals surface area contributed by atoms with E-state index in [9.17, 15) is 9.59 Å². The number of anilines is 1. The second kappa shape index (κ2) is 7.93. The molecule has 1 aliphatic heterocycles. The van der Waals surface area contributed by atoms with Crippen molar-refractivity contribution >= 4 is 51.7 Å². The van der Waals surface area contributed by atoms with Gasteiger partial charge >= 0.3 is 0 Å². The van der Waals surface area contributed by atoms with Crippen LogP contribution in [0.25, 0.3) is 0 Å². The van der Waals surface area contributed by atoms with Crippen molar-refractivity contribution in [1.29, 1.82) is 0 Å². The molecule has 134 valence electrons. The zero-order chi connectivity index (χ0) is 18.7. The molecule has 2 aromatic rings. The number of halogens is 1. The molecule has 0 aliphatic carbocycles. The number of para-hydroxylation sites is 1. The van der Waals surface area contributed by atoms with Gasteiger partial charge in [-0.2, -0.15) is 0 Å². The predicted octanol–water partition coefficient (Wildman–Crippen LogP) is 4.24. The number of amidine groups is 1. The van der Waals surface area contributed by atoms with E-state index in [1.807, 2.05) is 49.4 Å². The summed E-state index contributed by atoms with van der Waals surface area (Å²) in [6, 6.07) is 14.6. The van der Waals surface area contributed by atoms with Gasteiger partial charge in [-0.05, 0) is 42.8 Å². The van der Waals surface area contributed by atoms with Crippen molar-refractivity contribution in [2.24, 2.45) is 4.99 Å². The summed E-state index contributed by atoms with van der Waals surface area (Å²) in [5, 5.41) is 3.56. The molecule has 7 heteroatoms. The van der Waals surface area contributed by atoms with E-state index in [1.165, 1.54) is 16.7 Å². The van der Waals surface area contributed by atoms with Crippen LogP contribution in [0, 0.1) is 6.92 Å². The van der Waals surface area contributed by atoms with Gasteiger partial charge in [-0.15, -0.1) is 0 Å². The molecule has 0 radical (unpaired) electrons. The number of thioether (sulfide) groups is 1. The second-order valence-electron chi connectivity index (χ2n) is 5.95. The molecular weight excluding hydrogens is 370 g/mol. The van der Waals surface area contributed by atoms with Gasteiger partial charge in [0, 0.05) is 24.2 Å². The first-order valence-corrected chi connectivity index (χ1v) is 9.34. The Hall–Kier alpha value is -2.31. The number of carbonyl (C=O) groups excluding carboxylic acids is 2. The van der Waals surface area contributed by atoms with Crippen LogP contribution in [0.15, 0.2) is 53.5 Å². The van der Waals surface area contributed by atoms with Crippen LogP contribution in [0.3, 0.4) is 0 Å². The molecule has 26 heavy (non-hydrogen) atoms. The number of hydrogen-bond acceptors (Lipinski definition) is 4. The molecule has 1 N–H and O–H groups in total. The Labute approximate surface area is 161 Å². The molecule has 0 unspecified atom stereocenters. The van der Waals surface area contributed by atoms with E-state index in [-0.39, 0.29) is 18.2 Å². The van der Waals surface area contributed by atoms with E-state index < -0.39 is 5.25 Å². The Morgan fingerprint density at radius 3 is 2.69 bits per heavy atom. The third-order valence-electron chi connectivity index (χ3n) is 3.94. The van der Waals surface area contributed by atoms with E-state index in [1.54, 1.807) is 13.1 Å². The summed E-state index contributed by atoms with van der Waals surface area (Å²) >= 11 is 7.28. The lowest BCUT2D eigenvalue weighted by Gasteiger charge is -2.09. The van der Waals surface area contributed by atoms with Crippen LogP contribution < -0.4 is 5.32 Å². The highest BCUT2D eigenvalue weighted by Gasteiger charge is 2.37. The highest BCUT2D eigenvalue weighted by atomic mass is 35.5. The van der Waals surface area contributed by atoms with Crippen molar-refractivity contribution in [1.82, 2.24) is 4.90 Å². The van der Waals surface area contributed by atoms with Crippen LogP contribution >= 0.6 is 23.4 Å². The first-order chi connectivity index (χ1) is 12.4. The maximum atomic E-state index is 12.5. The van der Waals surface area contributed by atoms with Crippen molar-refractivity contribution in [3.8, 4) is 0 Å². The van der Waals surface area contributed by atoms with Crippen molar-refractivity contribution in [2.45, 2.75) is 18.6 Å². The molecule has 0 saturated carbocycles. The molecule has 5 nitrogen and oxygen atoms in total. The minimum Gasteiger partial charge on any atom is -0.326 e. The van der Waals surface area contributed by atoms with E-state index in [0.717, 1.165) is 11.3 Å². The normalized spacial score (nSPS) is 18.4. The maximum Gasteiger partial charge on any atom is 0.242 e. The van der Waals surface area contributed by atoms with E-state index >= 15 is 0 Å². The lowest BCUT2D eigenvalue weighted by molar-refractivity contribution is -0.127. The summed E-state index contributed by atoms with van der Waals surface area (Å²) in [5.74, 6) is -0.317.